The predicted molar refractivity (Wildman–Crippen MR) is 92.3 cm³/mol. The van der Waals surface area contributed by atoms with Gasteiger partial charge in [0.25, 0.3) is 0 Å². The first kappa shape index (κ1) is 20.2. The molecular weight excluding hydrogens is 292 g/mol. The van der Waals surface area contributed by atoms with Gasteiger partial charge < -0.3 is 15.3 Å². The van der Waals surface area contributed by atoms with Gasteiger partial charge >= 0.3 is 5.97 Å². The Labute approximate surface area is 140 Å². The van der Waals surface area contributed by atoms with Gasteiger partial charge in [0, 0.05) is 0 Å². The molecule has 1 rings (SSSR count). The summed E-state index contributed by atoms with van der Waals surface area (Å²) in [6.45, 7) is 2.21. The zero-order chi connectivity index (χ0) is 17.1. The van der Waals surface area contributed by atoms with Crippen molar-refractivity contribution in [2.24, 2.45) is 5.92 Å². The fraction of sp³-hybridized carbons (Fsp3) is 0.842. The minimum absolute atomic E-state index is 0.173. The summed E-state index contributed by atoms with van der Waals surface area (Å²) in [5, 5.41) is 29.3. The number of aliphatic hydroxyl groups excluding tert-OH is 1. The molecule has 0 unspecified atom stereocenters. The second kappa shape index (κ2) is 10.8. The third-order valence-corrected chi connectivity index (χ3v) is 4.80. The van der Waals surface area contributed by atoms with Crippen LogP contribution >= 0.6 is 0 Å². The highest BCUT2D eigenvalue weighted by Crippen LogP contribution is 2.35. The van der Waals surface area contributed by atoms with Crippen molar-refractivity contribution in [1.29, 1.82) is 0 Å². The summed E-state index contributed by atoms with van der Waals surface area (Å²) in [7, 11) is 0. The standard InChI is InChI=1S/C19H34O4/c1-2-3-4-5-6-7-10-17(20)12-11-16-9-8-13-19(23,14-16)15-18(21)22/h11-12,16-17,20,23H,2-10,13-15H2,1H3,(H,21,22)/b12-11+/t16-,17+,19-/m1/s1. The van der Waals surface area contributed by atoms with Gasteiger partial charge in [-0.25, -0.2) is 0 Å². The number of aliphatic hydroxyl groups is 2. The van der Waals surface area contributed by atoms with E-state index in [1.807, 2.05) is 12.2 Å². The zero-order valence-corrected chi connectivity index (χ0v) is 14.5. The smallest absolute Gasteiger partial charge is 0.306 e. The number of unbranched alkanes of at least 4 members (excludes halogenated alkanes) is 5. The lowest BCUT2D eigenvalue weighted by molar-refractivity contribution is -0.144. The molecule has 23 heavy (non-hydrogen) atoms. The molecule has 0 bridgehead atoms. The molecule has 1 fully saturated rings. The Hall–Kier alpha value is -0.870. The van der Waals surface area contributed by atoms with Gasteiger partial charge in [0.05, 0.1) is 18.1 Å². The average molecular weight is 326 g/mol. The number of carboxylic acid groups (broad SMARTS) is 1. The molecule has 3 atom stereocenters. The Balaban J connectivity index is 2.25. The van der Waals surface area contributed by atoms with E-state index in [1.54, 1.807) is 0 Å². The number of carbonyl (C=O) groups is 1. The van der Waals surface area contributed by atoms with Crippen LogP contribution in [-0.4, -0.2) is 33.0 Å². The Morgan fingerprint density at radius 2 is 1.96 bits per heavy atom. The van der Waals surface area contributed by atoms with Crippen molar-refractivity contribution in [1.82, 2.24) is 0 Å². The number of allylic oxidation sites excluding steroid dienone is 1. The van der Waals surface area contributed by atoms with E-state index in [0.717, 1.165) is 25.7 Å². The maximum atomic E-state index is 10.8. The Bertz CT molecular complexity index is 366. The van der Waals surface area contributed by atoms with E-state index in [4.69, 9.17) is 5.11 Å². The van der Waals surface area contributed by atoms with Crippen LogP contribution in [0.4, 0.5) is 0 Å². The number of carboxylic acids is 1. The van der Waals surface area contributed by atoms with Crippen molar-refractivity contribution in [3.63, 3.8) is 0 Å². The molecule has 0 aromatic carbocycles. The van der Waals surface area contributed by atoms with E-state index in [-0.39, 0.29) is 12.3 Å². The Kier molecular flexibility index (Phi) is 9.49. The summed E-state index contributed by atoms with van der Waals surface area (Å²) in [5.41, 5.74) is -1.08. The van der Waals surface area contributed by atoms with E-state index in [1.165, 1.54) is 32.1 Å². The van der Waals surface area contributed by atoms with Gasteiger partial charge in [-0.3, -0.25) is 4.79 Å². The van der Waals surface area contributed by atoms with E-state index in [9.17, 15) is 15.0 Å². The van der Waals surface area contributed by atoms with Crippen molar-refractivity contribution in [3.8, 4) is 0 Å². The van der Waals surface area contributed by atoms with Gasteiger partial charge in [-0.05, 0) is 38.0 Å². The molecule has 1 aliphatic rings. The van der Waals surface area contributed by atoms with Crippen LogP contribution in [0.25, 0.3) is 0 Å². The monoisotopic (exact) mass is 326 g/mol. The molecule has 0 aromatic rings. The summed E-state index contributed by atoms with van der Waals surface area (Å²) < 4.78 is 0. The van der Waals surface area contributed by atoms with Gasteiger partial charge in [-0.1, -0.05) is 57.6 Å². The van der Waals surface area contributed by atoms with Gasteiger partial charge in [0.2, 0.25) is 0 Å². The molecule has 0 amide bonds. The number of aliphatic carboxylic acids is 1. The minimum atomic E-state index is -1.08. The lowest BCUT2D eigenvalue weighted by atomic mass is 9.76. The first-order chi connectivity index (χ1) is 10.9. The number of hydrogen-bond donors (Lipinski definition) is 3. The number of hydrogen-bond acceptors (Lipinski definition) is 3. The van der Waals surface area contributed by atoms with Crippen LogP contribution < -0.4 is 0 Å². The maximum Gasteiger partial charge on any atom is 0.306 e. The lowest BCUT2D eigenvalue weighted by Crippen LogP contribution is -2.37. The molecule has 0 spiro atoms. The highest BCUT2D eigenvalue weighted by molar-refractivity contribution is 5.68. The second-order valence-electron chi connectivity index (χ2n) is 7.16. The molecule has 4 heteroatoms. The molecule has 1 saturated carbocycles. The van der Waals surface area contributed by atoms with Crippen LogP contribution in [0.1, 0.15) is 84.0 Å². The van der Waals surface area contributed by atoms with Crippen molar-refractivity contribution in [2.45, 2.75) is 95.7 Å². The molecule has 0 saturated heterocycles. The van der Waals surface area contributed by atoms with E-state index < -0.39 is 17.7 Å². The lowest BCUT2D eigenvalue weighted by Gasteiger charge is -2.34. The van der Waals surface area contributed by atoms with Gasteiger partial charge in [-0.2, -0.15) is 0 Å². The second-order valence-corrected chi connectivity index (χ2v) is 7.16. The molecule has 4 nitrogen and oxygen atoms in total. The van der Waals surface area contributed by atoms with Crippen LogP contribution in [0.3, 0.4) is 0 Å². The third kappa shape index (κ3) is 9.11. The molecule has 3 N–H and O–H groups in total. The van der Waals surface area contributed by atoms with Gasteiger partial charge in [-0.15, -0.1) is 0 Å². The largest absolute Gasteiger partial charge is 0.481 e. The first-order valence-electron chi connectivity index (χ1n) is 9.26. The highest BCUT2D eigenvalue weighted by atomic mass is 16.4. The van der Waals surface area contributed by atoms with Crippen LogP contribution in [0, 0.1) is 5.92 Å². The SMILES string of the molecule is CCCCCCCC[C@H](O)/C=C/[C@H]1CCC[C@](O)(CC(=O)O)C1. The summed E-state index contributed by atoms with van der Waals surface area (Å²) in [6.07, 6.45) is 14.1. The van der Waals surface area contributed by atoms with Crippen LogP contribution in [0.2, 0.25) is 0 Å². The molecular formula is C19H34O4. The number of rotatable bonds is 11. The first-order valence-corrected chi connectivity index (χ1v) is 9.26. The van der Waals surface area contributed by atoms with Crippen molar-refractivity contribution in [3.05, 3.63) is 12.2 Å². The Morgan fingerprint density at radius 3 is 2.65 bits per heavy atom. The fourth-order valence-electron chi connectivity index (χ4n) is 3.51. The summed E-state index contributed by atoms with van der Waals surface area (Å²) in [4.78, 5) is 10.8. The van der Waals surface area contributed by atoms with Crippen LogP contribution in [0.5, 0.6) is 0 Å². The van der Waals surface area contributed by atoms with E-state index in [0.29, 0.717) is 12.8 Å². The van der Waals surface area contributed by atoms with E-state index >= 15 is 0 Å². The molecule has 0 heterocycles. The average Bonchev–Trinajstić information content (AvgIpc) is 2.47. The quantitative estimate of drug-likeness (QED) is 0.395. The normalized spacial score (nSPS) is 26.5. The summed E-state index contributed by atoms with van der Waals surface area (Å²) >= 11 is 0. The van der Waals surface area contributed by atoms with Crippen molar-refractivity contribution in [2.75, 3.05) is 0 Å². The molecule has 0 aromatic heterocycles. The predicted octanol–water partition coefficient (Wildman–Crippen LogP) is 4.05. The maximum absolute atomic E-state index is 10.8. The molecule has 0 aliphatic heterocycles. The molecule has 0 radical (unpaired) electrons. The van der Waals surface area contributed by atoms with Crippen LogP contribution in [0.15, 0.2) is 12.2 Å². The topological polar surface area (TPSA) is 77.8 Å². The summed E-state index contributed by atoms with van der Waals surface area (Å²) in [5.74, 6) is -0.771. The van der Waals surface area contributed by atoms with Crippen molar-refractivity contribution < 1.29 is 20.1 Å². The van der Waals surface area contributed by atoms with Gasteiger partial charge in [0.1, 0.15) is 0 Å². The molecule has 134 valence electrons. The minimum Gasteiger partial charge on any atom is -0.481 e. The Morgan fingerprint density at radius 1 is 1.26 bits per heavy atom. The summed E-state index contributed by atoms with van der Waals surface area (Å²) in [6, 6.07) is 0. The third-order valence-electron chi connectivity index (χ3n) is 4.80. The highest BCUT2D eigenvalue weighted by Gasteiger charge is 2.35. The van der Waals surface area contributed by atoms with E-state index in [2.05, 4.69) is 6.92 Å². The molecule has 1 aliphatic carbocycles. The van der Waals surface area contributed by atoms with Gasteiger partial charge in [0.15, 0.2) is 0 Å². The fourth-order valence-corrected chi connectivity index (χ4v) is 3.51. The zero-order valence-electron chi connectivity index (χ0n) is 14.5. The van der Waals surface area contributed by atoms with Crippen LogP contribution in [-0.2, 0) is 4.79 Å². The van der Waals surface area contributed by atoms with Crippen molar-refractivity contribution >= 4 is 5.97 Å².